The second-order valence-corrected chi connectivity index (χ2v) is 6.60. The van der Waals surface area contributed by atoms with Gasteiger partial charge in [-0.1, -0.05) is 24.3 Å². The van der Waals surface area contributed by atoms with Gasteiger partial charge in [-0.2, -0.15) is 10.1 Å². The predicted octanol–water partition coefficient (Wildman–Crippen LogP) is 3.81. The summed E-state index contributed by atoms with van der Waals surface area (Å²) in [5.41, 5.74) is 2.69. The van der Waals surface area contributed by atoms with Gasteiger partial charge in [-0.3, -0.25) is 4.79 Å². The summed E-state index contributed by atoms with van der Waals surface area (Å²) in [6.45, 7) is 1.63. The number of methoxy groups -OCH3 is 1. The van der Waals surface area contributed by atoms with Crippen LogP contribution < -0.4 is 9.75 Å². The average Bonchev–Trinajstić information content (AvgIpc) is 2.96. The fourth-order valence-electron chi connectivity index (χ4n) is 2.51. The molecule has 0 saturated carbocycles. The van der Waals surface area contributed by atoms with E-state index in [0.29, 0.717) is 21.5 Å². The Labute approximate surface area is 165 Å². The van der Waals surface area contributed by atoms with E-state index >= 15 is 0 Å². The van der Waals surface area contributed by atoms with Gasteiger partial charge >= 0.3 is 5.97 Å². The molecule has 0 N–H and O–H groups in total. The molecule has 27 heavy (non-hydrogen) atoms. The molecule has 0 bridgehead atoms. The SMILES string of the molecule is COC(=O)COc1ccc(/C=C2/C(=O)N(c3ccccc3)N=C2C)cc1Br. The summed E-state index contributed by atoms with van der Waals surface area (Å²) in [6, 6.07) is 14.6. The summed E-state index contributed by atoms with van der Waals surface area (Å²) in [5.74, 6) is -0.130. The van der Waals surface area contributed by atoms with Crippen molar-refractivity contribution < 1.29 is 19.1 Å². The van der Waals surface area contributed by atoms with Crippen LogP contribution in [0.25, 0.3) is 6.08 Å². The molecule has 0 unspecified atom stereocenters. The first-order valence-corrected chi connectivity index (χ1v) is 8.95. The van der Waals surface area contributed by atoms with Crippen LogP contribution in [0.1, 0.15) is 12.5 Å². The highest BCUT2D eigenvalue weighted by Gasteiger charge is 2.28. The molecule has 0 fully saturated rings. The Morgan fingerprint density at radius 1 is 1.22 bits per heavy atom. The first-order valence-electron chi connectivity index (χ1n) is 8.15. The number of esters is 1. The first-order chi connectivity index (χ1) is 13.0. The van der Waals surface area contributed by atoms with Gasteiger partial charge in [0.05, 0.1) is 28.6 Å². The lowest BCUT2D eigenvalue weighted by atomic mass is 10.1. The zero-order valence-electron chi connectivity index (χ0n) is 14.8. The monoisotopic (exact) mass is 428 g/mol. The zero-order valence-corrected chi connectivity index (χ0v) is 16.4. The number of anilines is 1. The van der Waals surface area contributed by atoms with Gasteiger partial charge in [-0.05, 0) is 58.8 Å². The van der Waals surface area contributed by atoms with E-state index in [9.17, 15) is 9.59 Å². The van der Waals surface area contributed by atoms with Crippen LogP contribution in [0.2, 0.25) is 0 Å². The fourth-order valence-corrected chi connectivity index (χ4v) is 3.03. The number of carbonyl (C=O) groups excluding carboxylic acids is 2. The number of para-hydroxylation sites is 1. The van der Waals surface area contributed by atoms with Crippen LogP contribution in [0.3, 0.4) is 0 Å². The van der Waals surface area contributed by atoms with Crippen molar-refractivity contribution in [3.05, 3.63) is 64.1 Å². The summed E-state index contributed by atoms with van der Waals surface area (Å²) in [5, 5.41) is 5.75. The second kappa shape index (κ2) is 8.18. The maximum atomic E-state index is 12.7. The quantitative estimate of drug-likeness (QED) is 0.536. The van der Waals surface area contributed by atoms with Crippen LogP contribution in [-0.4, -0.2) is 31.3 Å². The molecule has 0 aliphatic carbocycles. The number of hydrogen-bond donors (Lipinski definition) is 0. The largest absolute Gasteiger partial charge is 0.481 e. The lowest BCUT2D eigenvalue weighted by Crippen LogP contribution is -2.21. The smallest absolute Gasteiger partial charge is 0.343 e. The highest BCUT2D eigenvalue weighted by Crippen LogP contribution is 2.29. The maximum absolute atomic E-state index is 12.7. The number of carbonyl (C=O) groups is 2. The molecule has 0 aromatic heterocycles. The molecule has 0 radical (unpaired) electrons. The summed E-state index contributed by atoms with van der Waals surface area (Å²) >= 11 is 3.42. The molecule has 1 amide bonds. The summed E-state index contributed by atoms with van der Waals surface area (Å²) in [7, 11) is 1.30. The number of amides is 1. The molecule has 1 aliphatic heterocycles. The third kappa shape index (κ3) is 4.25. The van der Waals surface area contributed by atoms with Gasteiger partial charge in [-0.25, -0.2) is 4.79 Å². The number of halogens is 1. The van der Waals surface area contributed by atoms with Gasteiger partial charge < -0.3 is 9.47 Å². The Morgan fingerprint density at radius 3 is 2.63 bits per heavy atom. The van der Waals surface area contributed by atoms with E-state index in [4.69, 9.17) is 4.74 Å². The number of hydrazone groups is 1. The van der Waals surface area contributed by atoms with Crippen LogP contribution in [0.15, 0.2) is 63.7 Å². The standard InChI is InChI=1S/C20H17BrN2O4/c1-13-16(20(25)23(22-13)15-6-4-3-5-7-15)10-14-8-9-18(17(21)11-14)27-12-19(24)26-2/h3-11H,12H2,1-2H3/b16-10+. The minimum atomic E-state index is -0.461. The van der Waals surface area contributed by atoms with Gasteiger partial charge in [0.1, 0.15) is 5.75 Å². The molecule has 0 saturated heterocycles. The molecule has 7 heteroatoms. The molecular formula is C20H17BrN2O4. The Bertz CT molecular complexity index is 938. The van der Waals surface area contributed by atoms with Crippen LogP contribution in [0.5, 0.6) is 5.75 Å². The lowest BCUT2D eigenvalue weighted by molar-refractivity contribution is -0.142. The Hall–Kier alpha value is -2.93. The van der Waals surface area contributed by atoms with Crippen molar-refractivity contribution in [3.8, 4) is 5.75 Å². The highest BCUT2D eigenvalue weighted by atomic mass is 79.9. The minimum absolute atomic E-state index is 0.175. The molecule has 1 aliphatic rings. The van der Waals surface area contributed by atoms with Gasteiger partial charge in [0.25, 0.3) is 5.91 Å². The van der Waals surface area contributed by atoms with Crippen LogP contribution >= 0.6 is 15.9 Å². The maximum Gasteiger partial charge on any atom is 0.343 e. The van der Waals surface area contributed by atoms with Crippen molar-refractivity contribution in [2.75, 3.05) is 18.7 Å². The van der Waals surface area contributed by atoms with E-state index in [0.717, 1.165) is 11.3 Å². The van der Waals surface area contributed by atoms with E-state index < -0.39 is 5.97 Å². The number of hydrogen-bond acceptors (Lipinski definition) is 5. The van der Waals surface area contributed by atoms with Crippen LogP contribution in [0, 0.1) is 0 Å². The van der Waals surface area contributed by atoms with E-state index in [-0.39, 0.29) is 12.5 Å². The molecule has 2 aromatic carbocycles. The Kier molecular flexibility index (Phi) is 5.71. The van der Waals surface area contributed by atoms with Crippen molar-refractivity contribution in [1.29, 1.82) is 0 Å². The first kappa shape index (κ1) is 18.8. The van der Waals surface area contributed by atoms with E-state index in [1.54, 1.807) is 25.1 Å². The van der Waals surface area contributed by atoms with Crippen LogP contribution in [0.4, 0.5) is 5.69 Å². The molecular weight excluding hydrogens is 412 g/mol. The Morgan fingerprint density at radius 2 is 1.96 bits per heavy atom. The van der Waals surface area contributed by atoms with Gasteiger partial charge in [0, 0.05) is 0 Å². The molecule has 0 spiro atoms. The van der Waals surface area contributed by atoms with E-state index in [1.165, 1.54) is 12.1 Å². The van der Waals surface area contributed by atoms with E-state index in [1.807, 2.05) is 36.4 Å². The third-order valence-corrected chi connectivity index (χ3v) is 4.52. The van der Waals surface area contributed by atoms with Crippen molar-refractivity contribution in [1.82, 2.24) is 0 Å². The van der Waals surface area contributed by atoms with Gasteiger partial charge in [0.15, 0.2) is 6.61 Å². The predicted molar refractivity (Wildman–Crippen MR) is 107 cm³/mol. The zero-order chi connectivity index (χ0) is 19.4. The second-order valence-electron chi connectivity index (χ2n) is 5.75. The van der Waals surface area contributed by atoms with Crippen molar-refractivity contribution in [3.63, 3.8) is 0 Å². The topological polar surface area (TPSA) is 68.2 Å². The molecule has 0 atom stereocenters. The third-order valence-electron chi connectivity index (χ3n) is 3.90. The molecule has 1 heterocycles. The van der Waals surface area contributed by atoms with Crippen molar-refractivity contribution in [2.24, 2.45) is 5.10 Å². The van der Waals surface area contributed by atoms with Crippen molar-refractivity contribution >= 4 is 45.3 Å². The van der Waals surface area contributed by atoms with Gasteiger partial charge in [0.2, 0.25) is 0 Å². The lowest BCUT2D eigenvalue weighted by Gasteiger charge is -2.11. The average molecular weight is 429 g/mol. The molecule has 138 valence electrons. The number of benzene rings is 2. The van der Waals surface area contributed by atoms with Crippen molar-refractivity contribution in [2.45, 2.75) is 6.92 Å². The summed E-state index contributed by atoms with van der Waals surface area (Å²) < 4.78 is 10.6. The number of rotatable bonds is 5. The van der Waals surface area contributed by atoms with Crippen LogP contribution in [-0.2, 0) is 14.3 Å². The normalized spacial score (nSPS) is 15.1. The molecule has 2 aromatic rings. The van der Waals surface area contributed by atoms with E-state index in [2.05, 4.69) is 25.8 Å². The summed E-state index contributed by atoms with van der Waals surface area (Å²) in [6.07, 6.45) is 1.78. The highest BCUT2D eigenvalue weighted by molar-refractivity contribution is 9.10. The summed E-state index contributed by atoms with van der Waals surface area (Å²) in [4.78, 5) is 23.9. The van der Waals surface area contributed by atoms with Gasteiger partial charge in [-0.15, -0.1) is 0 Å². The minimum Gasteiger partial charge on any atom is -0.481 e. The number of nitrogens with zero attached hydrogens (tertiary/aromatic N) is 2. The Balaban J connectivity index is 1.80. The molecule has 3 rings (SSSR count). The molecule has 6 nitrogen and oxygen atoms in total. The fraction of sp³-hybridized carbons (Fsp3) is 0.150. The number of ether oxygens (including phenoxy) is 2.